The molecule has 0 aliphatic heterocycles. The van der Waals surface area contributed by atoms with Gasteiger partial charge < -0.3 is 0 Å². The molecule has 65 valence electrons. The Morgan fingerprint density at radius 3 is 2.85 bits per heavy atom. The number of nitrogens with one attached hydrogen (secondary N) is 1. The summed E-state index contributed by atoms with van der Waals surface area (Å²) in [5.41, 5.74) is 0.274. The Morgan fingerprint density at radius 1 is 1.38 bits per heavy atom. The lowest BCUT2D eigenvalue weighted by Crippen LogP contribution is -1.84. The molecule has 5 heteroatoms. The number of H-pyrrole nitrogens is 1. The average Bonchev–Trinajstić information content (AvgIpc) is 2.57. The number of halogens is 1. The second-order valence-electron chi connectivity index (χ2n) is 2.48. The van der Waals surface area contributed by atoms with E-state index in [2.05, 4.69) is 15.4 Å². The SMILES string of the molecule is [O]c1cccc(F)c1-c1cnn[nH]1. The number of rotatable bonds is 1. The first-order chi connectivity index (χ1) is 6.29. The maximum Gasteiger partial charge on any atom is 0.191 e. The number of nitrogens with zero attached hydrogens (tertiary/aromatic N) is 2. The van der Waals surface area contributed by atoms with Crippen LogP contribution >= 0.6 is 0 Å². The fraction of sp³-hybridized carbons (Fsp3) is 0. The van der Waals surface area contributed by atoms with Crippen molar-refractivity contribution in [2.45, 2.75) is 0 Å². The van der Waals surface area contributed by atoms with Crippen molar-refractivity contribution in [1.82, 2.24) is 15.4 Å². The van der Waals surface area contributed by atoms with Crippen LogP contribution in [0.25, 0.3) is 11.3 Å². The monoisotopic (exact) mass is 178 g/mol. The zero-order valence-corrected chi connectivity index (χ0v) is 6.49. The molecule has 0 bridgehead atoms. The summed E-state index contributed by atoms with van der Waals surface area (Å²) in [4.78, 5) is 0. The van der Waals surface area contributed by atoms with Crippen molar-refractivity contribution in [3.8, 4) is 17.0 Å². The minimum Gasteiger partial charge on any atom is -0.289 e. The number of hydrogen-bond donors (Lipinski definition) is 1. The van der Waals surface area contributed by atoms with Gasteiger partial charge in [0.15, 0.2) is 5.75 Å². The third-order valence-corrected chi connectivity index (χ3v) is 1.66. The van der Waals surface area contributed by atoms with Gasteiger partial charge in [-0.1, -0.05) is 11.3 Å². The first-order valence-electron chi connectivity index (χ1n) is 3.61. The summed E-state index contributed by atoms with van der Waals surface area (Å²) in [6.45, 7) is 0. The van der Waals surface area contributed by atoms with Gasteiger partial charge in [-0.15, -0.1) is 5.10 Å². The lowest BCUT2D eigenvalue weighted by atomic mass is 10.1. The Bertz CT molecular complexity index is 393. The average molecular weight is 178 g/mol. The molecule has 1 N–H and O–H groups in total. The van der Waals surface area contributed by atoms with Gasteiger partial charge >= 0.3 is 0 Å². The van der Waals surface area contributed by atoms with Crippen LogP contribution in [0.3, 0.4) is 0 Å². The Hall–Kier alpha value is -1.91. The van der Waals surface area contributed by atoms with Gasteiger partial charge in [0.2, 0.25) is 0 Å². The Kier molecular flexibility index (Phi) is 1.70. The fourth-order valence-corrected chi connectivity index (χ4v) is 1.08. The Labute approximate surface area is 73.0 Å². The third kappa shape index (κ3) is 1.24. The van der Waals surface area contributed by atoms with Gasteiger partial charge in [-0.3, -0.25) is 10.2 Å². The van der Waals surface area contributed by atoms with E-state index >= 15 is 0 Å². The quantitative estimate of drug-likeness (QED) is 0.723. The van der Waals surface area contributed by atoms with Crippen LogP contribution in [0.5, 0.6) is 5.75 Å². The molecule has 0 fully saturated rings. The number of aromatic nitrogens is 3. The summed E-state index contributed by atoms with van der Waals surface area (Å²) in [7, 11) is 0. The van der Waals surface area contributed by atoms with Gasteiger partial charge in [-0.25, -0.2) is 4.39 Å². The highest BCUT2D eigenvalue weighted by atomic mass is 19.1. The highest BCUT2D eigenvalue weighted by molar-refractivity contribution is 5.66. The summed E-state index contributed by atoms with van der Waals surface area (Å²) < 4.78 is 13.1. The van der Waals surface area contributed by atoms with Crippen molar-refractivity contribution >= 4 is 0 Å². The predicted molar refractivity (Wildman–Crippen MR) is 41.9 cm³/mol. The van der Waals surface area contributed by atoms with E-state index in [0.717, 1.165) is 0 Å². The Balaban J connectivity index is 2.64. The van der Waals surface area contributed by atoms with Crippen LogP contribution in [0.2, 0.25) is 0 Å². The summed E-state index contributed by atoms with van der Waals surface area (Å²) in [5, 5.41) is 20.5. The van der Waals surface area contributed by atoms with Gasteiger partial charge in [0.1, 0.15) is 5.82 Å². The molecule has 2 aromatic rings. The minimum atomic E-state index is -0.571. The summed E-state index contributed by atoms with van der Waals surface area (Å²) in [6, 6.07) is 3.88. The molecule has 0 aliphatic carbocycles. The molecule has 1 aromatic carbocycles. The van der Waals surface area contributed by atoms with Crippen LogP contribution in [0.4, 0.5) is 4.39 Å². The van der Waals surface area contributed by atoms with E-state index in [9.17, 15) is 9.50 Å². The fourth-order valence-electron chi connectivity index (χ4n) is 1.08. The second kappa shape index (κ2) is 2.85. The van der Waals surface area contributed by atoms with Crippen molar-refractivity contribution in [1.29, 1.82) is 0 Å². The number of aromatic amines is 1. The topological polar surface area (TPSA) is 61.5 Å². The Morgan fingerprint density at radius 2 is 2.23 bits per heavy atom. The molecule has 0 unspecified atom stereocenters. The molecule has 0 saturated carbocycles. The van der Waals surface area contributed by atoms with Gasteiger partial charge in [-0.05, 0) is 12.1 Å². The molecular formula is C8H5FN3O. The van der Waals surface area contributed by atoms with Crippen molar-refractivity contribution in [3.63, 3.8) is 0 Å². The van der Waals surface area contributed by atoms with E-state index in [1.165, 1.54) is 24.4 Å². The third-order valence-electron chi connectivity index (χ3n) is 1.66. The van der Waals surface area contributed by atoms with Crippen LogP contribution in [0.1, 0.15) is 0 Å². The van der Waals surface area contributed by atoms with Crippen molar-refractivity contribution in [2.75, 3.05) is 0 Å². The number of hydrogen-bond acceptors (Lipinski definition) is 2. The first-order valence-corrected chi connectivity index (χ1v) is 3.61. The predicted octanol–water partition coefficient (Wildman–Crippen LogP) is 1.75. The normalized spacial score (nSPS) is 10.2. The molecule has 2 rings (SSSR count). The van der Waals surface area contributed by atoms with E-state index in [1.54, 1.807) is 0 Å². The van der Waals surface area contributed by atoms with E-state index in [0.29, 0.717) is 5.69 Å². The van der Waals surface area contributed by atoms with Gasteiger partial charge in [0.25, 0.3) is 0 Å². The summed E-state index contributed by atoms with van der Waals surface area (Å²) >= 11 is 0. The van der Waals surface area contributed by atoms with Crippen LogP contribution in [0.15, 0.2) is 24.4 Å². The van der Waals surface area contributed by atoms with Crippen LogP contribution in [0, 0.1) is 5.82 Å². The molecule has 0 spiro atoms. The van der Waals surface area contributed by atoms with E-state index in [-0.39, 0.29) is 11.3 Å². The largest absolute Gasteiger partial charge is 0.289 e. The van der Waals surface area contributed by atoms with Crippen molar-refractivity contribution in [2.24, 2.45) is 0 Å². The van der Waals surface area contributed by atoms with Gasteiger partial charge in [0, 0.05) is 0 Å². The first kappa shape index (κ1) is 7.72. The summed E-state index contributed by atoms with van der Waals surface area (Å²) in [6.07, 6.45) is 1.31. The van der Waals surface area contributed by atoms with E-state index in [4.69, 9.17) is 0 Å². The highest BCUT2D eigenvalue weighted by Gasteiger charge is 2.12. The molecule has 4 nitrogen and oxygen atoms in total. The molecule has 1 aromatic heterocycles. The van der Waals surface area contributed by atoms with E-state index in [1.807, 2.05) is 0 Å². The van der Waals surface area contributed by atoms with E-state index < -0.39 is 5.82 Å². The zero-order chi connectivity index (χ0) is 9.26. The van der Waals surface area contributed by atoms with Crippen LogP contribution < -0.4 is 0 Å². The highest BCUT2D eigenvalue weighted by Crippen LogP contribution is 2.29. The maximum atomic E-state index is 13.1. The van der Waals surface area contributed by atoms with Crippen LogP contribution in [-0.2, 0) is 5.11 Å². The summed E-state index contributed by atoms with van der Waals surface area (Å²) in [5.74, 6) is -0.954. The molecule has 0 atom stereocenters. The van der Waals surface area contributed by atoms with Gasteiger partial charge in [-0.2, -0.15) is 0 Å². The maximum absolute atomic E-state index is 13.1. The molecular weight excluding hydrogens is 173 g/mol. The van der Waals surface area contributed by atoms with Gasteiger partial charge in [0.05, 0.1) is 17.5 Å². The second-order valence-corrected chi connectivity index (χ2v) is 2.48. The zero-order valence-electron chi connectivity index (χ0n) is 6.49. The molecule has 0 amide bonds. The molecule has 1 heterocycles. The minimum absolute atomic E-state index is 0.0208. The van der Waals surface area contributed by atoms with Crippen molar-refractivity contribution in [3.05, 3.63) is 30.2 Å². The van der Waals surface area contributed by atoms with Crippen LogP contribution in [-0.4, -0.2) is 15.4 Å². The number of benzene rings is 1. The molecule has 13 heavy (non-hydrogen) atoms. The molecule has 0 saturated heterocycles. The smallest absolute Gasteiger partial charge is 0.191 e. The lowest BCUT2D eigenvalue weighted by Gasteiger charge is -1.98. The molecule has 0 aliphatic rings. The standard InChI is InChI=1S/C8H5FN3O/c9-5-2-1-3-7(13)8(5)6-4-10-12-11-6/h1-4H,(H,10,11,12). The van der Waals surface area contributed by atoms with Crippen molar-refractivity contribution < 1.29 is 9.50 Å². The lowest BCUT2D eigenvalue weighted by molar-refractivity contribution is 0.354. The molecule has 1 radical (unpaired) electrons.